The Balaban J connectivity index is 2.49. The van der Waals surface area contributed by atoms with Gasteiger partial charge in [-0.2, -0.15) is 0 Å². The molecule has 1 heterocycles. The molecule has 1 aromatic heterocycles. The van der Waals surface area contributed by atoms with Crippen molar-refractivity contribution in [3.05, 3.63) is 22.6 Å². The van der Waals surface area contributed by atoms with Gasteiger partial charge in [-0.3, -0.25) is 4.79 Å². The quantitative estimate of drug-likeness (QED) is 0.757. The van der Waals surface area contributed by atoms with Crippen molar-refractivity contribution >= 4 is 11.8 Å². The Morgan fingerprint density at radius 2 is 2.06 bits per heavy atom. The normalized spacial score (nSPS) is 22.8. The minimum absolute atomic E-state index is 0.0168. The van der Waals surface area contributed by atoms with Crippen molar-refractivity contribution in [3.63, 3.8) is 0 Å². The van der Waals surface area contributed by atoms with E-state index in [1.165, 1.54) is 0 Å². The highest BCUT2D eigenvalue weighted by atomic mass is 16.5. The van der Waals surface area contributed by atoms with Crippen molar-refractivity contribution in [1.29, 1.82) is 0 Å². The third-order valence-corrected chi connectivity index (χ3v) is 3.72. The summed E-state index contributed by atoms with van der Waals surface area (Å²) >= 11 is 0. The maximum Gasteiger partial charge on any atom is 0.341 e. The van der Waals surface area contributed by atoms with Crippen molar-refractivity contribution in [3.8, 4) is 0 Å². The zero-order valence-corrected chi connectivity index (χ0v) is 11.2. The van der Waals surface area contributed by atoms with E-state index < -0.39 is 5.97 Å². The third-order valence-electron chi connectivity index (χ3n) is 3.72. The van der Waals surface area contributed by atoms with Crippen LogP contribution in [0.25, 0.3) is 0 Å². The Morgan fingerprint density at radius 1 is 1.39 bits per heavy atom. The van der Waals surface area contributed by atoms with Gasteiger partial charge in [-0.05, 0) is 13.8 Å². The molecule has 0 saturated heterocycles. The molecule has 1 aliphatic carbocycles. The molecule has 0 N–H and O–H groups in total. The fraction of sp³-hybridized carbons (Fsp3) is 0.571. The van der Waals surface area contributed by atoms with Gasteiger partial charge in [-0.15, -0.1) is 0 Å². The van der Waals surface area contributed by atoms with Gasteiger partial charge in [0, 0.05) is 23.8 Å². The molecular weight excluding hydrogens is 232 g/mol. The van der Waals surface area contributed by atoms with E-state index in [0.717, 1.165) is 11.3 Å². The molecule has 2 atom stereocenters. The Kier molecular flexibility index (Phi) is 3.28. The molecule has 1 aromatic rings. The number of hydrogen-bond acceptors (Lipinski definition) is 4. The van der Waals surface area contributed by atoms with Crippen LogP contribution < -0.4 is 0 Å². The Bertz CT molecular complexity index is 498. The first kappa shape index (κ1) is 12.9. The lowest BCUT2D eigenvalue weighted by Crippen LogP contribution is -2.26. The van der Waals surface area contributed by atoms with Gasteiger partial charge in [0.2, 0.25) is 0 Å². The van der Waals surface area contributed by atoms with Gasteiger partial charge in [-0.25, -0.2) is 4.79 Å². The molecule has 98 valence electrons. The SMILES string of the molecule is CCOC(=O)c1c(C)oc2c1CC(=O)C(C)C2C. The second-order valence-electron chi connectivity index (χ2n) is 4.82. The fourth-order valence-electron chi connectivity index (χ4n) is 2.47. The molecule has 4 heteroatoms. The molecule has 0 fully saturated rings. The summed E-state index contributed by atoms with van der Waals surface area (Å²) in [6, 6.07) is 0. The van der Waals surface area contributed by atoms with Gasteiger partial charge in [0.1, 0.15) is 22.9 Å². The fourth-order valence-corrected chi connectivity index (χ4v) is 2.47. The molecular formula is C14H18O4. The number of esters is 1. The molecule has 0 aliphatic heterocycles. The van der Waals surface area contributed by atoms with E-state index in [2.05, 4.69) is 0 Å². The first-order chi connectivity index (χ1) is 8.47. The van der Waals surface area contributed by atoms with Crippen LogP contribution in [0.1, 0.15) is 54.1 Å². The lowest BCUT2D eigenvalue weighted by Gasteiger charge is -2.23. The largest absolute Gasteiger partial charge is 0.465 e. The highest BCUT2D eigenvalue weighted by Gasteiger charge is 2.37. The Morgan fingerprint density at radius 3 is 2.67 bits per heavy atom. The molecule has 0 amide bonds. The van der Waals surface area contributed by atoms with E-state index in [4.69, 9.17) is 9.15 Å². The first-order valence-corrected chi connectivity index (χ1v) is 6.29. The second-order valence-corrected chi connectivity index (χ2v) is 4.82. The summed E-state index contributed by atoms with van der Waals surface area (Å²) in [5, 5.41) is 0. The number of rotatable bonds is 2. The van der Waals surface area contributed by atoms with Crippen LogP contribution in [0.5, 0.6) is 0 Å². The molecule has 0 saturated carbocycles. The van der Waals surface area contributed by atoms with Crippen LogP contribution in [0, 0.1) is 12.8 Å². The molecule has 1 aliphatic rings. The van der Waals surface area contributed by atoms with Crippen molar-refractivity contribution in [2.24, 2.45) is 5.92 Å². The number of hydrogen-bond donors (Lipinski definition) is 0. The lowest BCUT2D eigenvalue weighted by molar-refractivity contribution is -0.123. The zero-order valence-electron chi connectivity index (χ0n) is 11.2. The van der Waals surface area contributed by atoms with Gasteiger partial charge in [0.15, 0.2) is 0 Å². The molecule has 2 rings (SSSR count). The third kappa shape index (κ3) is 1.85. The van der Waals surface area contributed by atoms with Crippen LogP contribution in [-0.2, 0) is 16.0 Å². The monoisotopic (exact) mass is 250 g/mol. The van der Waals surface area contributed by atoms with Gasteiger partial charge < -0.3 is 9.15 Å². The topological polar surface area (TPSA) is 56.5 Å². The van der Waals surface area contributed by atoms with Crippen LogP contribution in [0.2, 0.25) is 0 Å². The summed E-state index contributed by atoms with van der Waals surface area (Å²) in [6.45, 7) is 7.68. The Labute approximate surface area is 106 Å². The summed E-state index contributed by atoms with van der Waals surface area (Å²) in [5.41, 5.74) is 1.17. The second kappa shape index (κ2) is 4.59. The van der Waals surface area contributed by atoms with E-state index in [1.807, 2.05) is 13.8 Å². The summed E-state index contributed by atoms with van der Waals surface area (Å²) in [6.07, 6.45) is 0.270. The number of Topliss-reactive ketones (excluding diaryl/α,β-unsaturated/α-hetero) is 1. The number of fused-ring (bicyclic) bond motifs is 1. The van der Waals surface area contributed by atoms with Crippen molar-refractivity contribution in [1.82, 2.24) is 0 Å². The van der Waals surface area contributed by atoms with Crippen molar-refractivity contribution in [2.75, 3.05) is 6.61 Å². The number of carbonyl (C=O) groups excluding carboxylic acids is 2. The van der Waals surface area contributed by atoms with Gasteiger partial charge in [-0.1, -0.05) is 13.8 Å². The number of carbonyl (C=O) groups is 2. The summed E-state index contributed by atoms with van der Waals surface area (Å²) in [4.78, 5) is 23.8. The highest BCUT2D eigenvalue weighted by Crippen LogP contribution is 2.38. The number of ether oxygens (including phenoxy) is 1. The van der Waals surface area contributed by atoms with Crippen molar-refractivity contribution in [2.45, 2.75) is 40.0 Å². The van der Waals surface area contributed by atoms with Gasteiger partial charge in [0.25, 0.3) is 0 Å². The number of furan rings is 1. The Hall–Kier alpha value is -1.58. The first-order valence-electron chi connectivity index (χ1n) is 6.29. The van der Waals surface area contributed by atoms with Crippen LogP contribution in [-0.4, -0.2) is 18.4 Å². The highest BCUT2D eigenvalue weighted by molar-refractivity contribution is 5.96. The van der Waals surface area contributed by atoms with Gasteiger partial charge in [0.05, 0.1) is 6.61 Å². The molecule has 2 unspecified atom stereocenters. The predicted octanol–water partition coefficient (Wildman–Crippen LogP) is 2.63. The number of ketones is 1. The summed E-state index contributed by atoms with van der Waals surface area (Å²) in [7, 11) is 0. The lowest BCUT2D eigenvalue weighted by atomic mass is 9.79. The maximum absolute atomic E-state index is 11.9. The average molecular weight is 250 g/mol. The molecule has 0 spiro atoms. The standard InChI is InChI=1S/C14H18O4/c1-5-17-14(16)12-9(4)18-13-8(3)7(2)11(15)6-10(12)13/h7-8H,5-6H2,1-4H3. The molecule has 4 nitrogen and oxygen atoms in total. The van der Waals surface area contributed by atoms with E-state index in [0.29, 0.717) is 17.9 Å². The van der Waals surface area contributed by atoms with Crippen LogP contribution >= 0.6 is 0 Å². The molecule has 0 radical (unpaired) electrons. The predicted molar refractivity (Wildman–Crippen MR) is 65.7 cm³/mol. The molecule has 0 aromatic carbocycles. The summed E-state index contributed by atoms with van der Waals surface area (Å²) in [5.74, 6) is 1.03. The smallest absolute Gasteiger partial charge is 0.341 e. The van der Waals surface area contributed by atoms with Gasteiger partial charge >= 0.3 is 5.97 Å². The van der Waals surface area contributed by atoms with E-state index in [-0.39, 0.29) is 24.0 Å². The number of aryl methyl sites for hydroxylation is 1. The average Bonchev–Trinajstić information content (AvgIpc) is 2.63. The van der Waals surface area contributed by atoms with Crippen LogP contribution in [0.15, 0.2) is 4.42 Å². The van der Waals surface area contributed by atoms with Crippen LogP contribution in [0.3, 0.4) is 0 Å². The minimum atomic E-state index is -0.394. The molecule has 18 heavy (non-hydrogen) atoms. The van der Waals surface area contributed by atoms with E-state index in [9.17, 15) is 9.59 Å². The maximum atomic E-state index is 11.9. The van der Waals surface area contributed by atoms with Crippen LogP contribution in [0.4, 0.5) is 0 Å². The summed E-state index contributed by atoms with van der Waals surface area (Å²) < 4.78 is 10.7. The molecule has 0 bridgehead atoms. The minimum Gasteiger partial charge on any atom is -0.465 e. The van der Waals surface area contributed by atoms with E-state index >= 15 is 0 Å². The zero-order chi connectivity index (χ0) is 13.4. The van der Waals surface area contributed by atoms with Crippen molar-refractivity contribution < 1.29 is 18.7 Å². The van der Waals surface area contributed by atoms with E-state index in [1.54, 1.807) is 13.8 Å².